The number of para-hydroxylation sites is 1. The molecule has 4 heterocycles. The summed E-state index contributed by atoms with van der Waals surface area (Å²) in [7, 11) is 0. The predicted molar refractivity (Wildman–Crippen MR) is 115 cm³/mol. The number of fused-ring (bicyclic) bond motifs is 3. The second-order valence-electron chi connectivity index (χ2n) is 7.78. The molecule has 0 atom stereocenters. The van der Waals surface area contributed by atoms with E-state index in [0.717, 1.165) is 31.6 Å². The molecule has 2 aromatic heterocycles. The molecule has 2 aliphatic heterocycles. The van der Waals surface area contributed by atoms with Crippen molar-refractivity contribution in [2.24, 2.45) is 0 Å². The number of nitrogens with one attached hydrogen (secondary N) is 2. The van der Waals surface area contributed by atoms with Gasteiger partial charge in [-0.15, -0.1) is 13.9 Å². The van der Waals surface area contributed by atoms with Gasteiger partial charge in [0, 0.05) is 23.0 Å². The molecule has 2 N–H and O–H groups in total. The lowest BCUT2D eigenvalue weighted by Crippen LogP contribution is -2.26. The van der Waals surface area contributed by atoms with Crippen LogP contribution in [0.4, 0.5) is 20.4 Å². The standard InChI is InChI=1S/C23H19F2N5O2/c24-23(25)31-19-5-1-3-17(20(19)32-23)18-4-2-12-30-21(18)28-22(29-30)27-16-7-6-14-8-10-26-11-9-15(14)13-16/h1-7,12-13,26H,8-11H2,(H,27,29). The average molecular weight is 435 g/mol. The van der Waals surface area contributed by atoms with Crippen LogP contribution in [0.3, 0.4) is 0 Å². The van der Waals surface area contributed by atoms with E-state index in [1.54, 1.807) is 35.0 Å². The Hall–Kier alpha value is -3.72. The molecule has 2 aliphatic rings. The maximum atomic E-state index is 13.6. The summed E-state index contributed by atoms with van der Waals surface area (Å²) in [5.74, 6) is 0.397. The lowest BCUT2D eigenvalue weighted by atomic mass is 10.0. The highest BCUT2D eigenvalue weighted by atomic mass is 19.3. The van der Waals surface area contributed by atoms with E-state index in [1.165, 1.54) is 17.2 Å². The summed E-state index contributed by atoms with van der Waals surface area (Å²) in [5, 5.41) is 11.2. The minimum Gasteiger partial charge on any atom is -0.395 e. The van der Waals surface area contributed by atoms with Gasteiger partial charge in [0.15, 0.2) is 17.1 Å². The molecule has 0 bridgehead atoms. The van der Waals surface area contributed by atoms with Gasteiger partial charge in [-0.2, -0.15) is 4.98 Å². The summed E-state index contributed by atoms with van der Waals surface area (Å²) in [6, 6.07) is 14.6. The number of rotatable bonds is 3. The van der Waals surface area contributed by atoms with Gasteiger partial charge in [0.05, 0.1) is 0 Å². The zero-order valence-corrected chi connectivity index (χ0v) is 16.9. The number of pyridine rings is 1. The molecule has 0 radical (unpaired) electrons. The van der Waals surface area contributed by atoms with Crippen LogP contribution in [0.5, 0.6) is 11.5 Å². The third-order valence-electron chi connectivity index (χ3n) is 5.69. The van der Waals surface area contributed by atoms with Crippen LogP contribution < -0.4 is 20.1 Å². The molecule has 0 spiro atoms. The summed E-state index contributed by atoms with van der Waals surface area (Å²) in [4.78, 5) is 4.62. The van der Waals surface area contributed by atoms with Gasteiger partial charge in [0.2, 0.25) is 5.95 Å². The molecule has 0 amide bonds. The fourth-order valence-electron chi connectivity index (χ4n) is 4.23. The molecule has 7 nitrogen and oxygen atoms in total. The Bertz CT molecular complexity index is 1340. The zero-order valence-electron chi connectivity index (χ0n) is 16.9. The SMILES string of the molecule is FC1(F)Oc2cccc(-c3cccn4nc(Nc5ccc6c(c5)CCNCC6)nc34)c2O1. The Morgan fingerprint density at radius 2 is 1.81 bits per heavy atom. The smallest absolute Gasteiger partial charge is 0.395 e. The Morgan fingerprint density at radius 1 is 0.969 bits per heavy atom. The molecular weight excluding hydrogens is 416 g/mol. The van der Waals surface area contributed by atoms with Crippen molar-refractivity contribution in [3.05, 3.63) is 65.9 Å². The van der Waals surface area contributed by atoms with Gasteiger partial charge >= 0.3 is 6.29 Å². The van der Waals surface area contributed by atoms with Crippen LogP contribution >= 0.6 is 0 Å². The number of halogens is 2. The molecule has 4 aromatic rings. The molecule has 0 aliphatic carbocycles. The van der Waals surface area contributed by atoms with Gasteiger partial charge in [-0.25, -0.2) is 4.52 Å². The first-order valence-electron chi connectivity index (χ1n) is 10.4. The topological polar surface area (TPSA) is 72.7 Å². The van der Waals surface area contributed by atoms with E-state index in [0.29, 0.717) is 22.7 Å². The van der Waals surface area contributed by atoms with Crippen LogP contribution in [0, 0.1) is 0 Å². The summed E-state index contributed by atoms with van der Waals surface area (Å²) >= 11 is 0. The minimum absolute atomic E-state index is 0.00756. The second-order valence-corrected chi connectivity index (χ2v) is 7.78. The molecular formula is C23H19F2N5O2. The number of aromatic nitrogens is 3. The van der Waals surface area contributed by atoms with E-state index in [1.807, 2.05) is 6.07 Å². The number of hydrogen-bond acceptors (Lipinski definition) is 6. The fraction of sp³-hybridized carbons (Fsp3) is 0.217. The normalized spacial score (nSPS) is 16.6. The Labute approximate surface area is 182 Å². The Kier molecular flexibility index (Phi) is 4.25. The molecule has 0 saturated carbocycles. The van der Waals surface area contributed by atoms with Crippen molar-refractivity contribution in [2.45, 2.75) is 19.1 Å². The largest absolute Gasteiger partial charge is 0.586 e. The van der Waals surface area contributed by atoms with Crippen molar-refractivity contribution >= 4 is 17.3 Å². The lowest BCUT2D eigenvalue weighted by molar-refractivity contribution is -0.286. The van der Waals surface area contributed by atoms with Crippen LogP contribution in [0.1, 0.15) is 11.1 Å². The van der Waals surface area contributed by atoms with Crippen molar-refractivity contribution in [1.29, 1.82) is 0 Å². The molecule has 0 unspecified atom stereocenters. The van der Waals surface area contributed by atoms with Gasteiger partial charge in [0.1, 0.15) is 0 Å². The van der Waals surface area contributed by atoms with Crippen molar-refractivity contribution < 1.29 is 18.3 Å². The summed E-state index contributed by atoms with van der Waals surface area (Å²) in [5.41, 5.74) is 5.15. The number of nitrogens with zero attached hydrogens (tertiary/aromatic N) is 3. The maximum absolute atomic E-state index is 13.6. The van der Waals surface area contributed by atoms with E-state index in [-0.39, 0.29) is 11.5 Å². The predicted octanol–water partition coefficient (Wildman–Crippen LogP) is 4.15. The lowest BCUT2D eigenvalue weighted by Gasteiger charge is -2.08. The van der Waals surface area contributed by atoms with Crippen LogP contribution in [0.2, 0.25) is 0 Å². The number of benzene rings is 2. The first-order valence-corrected chi connectivity index (χ1v) is 10.4. The Morgan fingerprint density at radius 3 is 2.72 bits per heavy atom. The molecule has 0 fully saturated rings. The monoisotopic (exact) mass is 435 g/mol. The first kappa shape index (κ1) is 19.0. The quantitative estimate of drug-likeness (QED) is 0.504. The van der Waals surface area contributed by atoms with Crippen molar-refractivity contribution in [2.75, 3.05) is 18.4 Å². The third-order valence-corrected chi connectivity index (χ3v) is 5.69. The van der Waals surface area contributed by atoms with Crippen LogP contribution in [0.15, 0.2) is 54.7 Å². The van der Waals surface area contributed by atoms with Gasteiger partial charge in [0.25, 0.3) is 0 Å². The molecule has 0 saturated heterocycles. The van der Waals surface area contributed by atoms with Crippen LogP contribution in [-0.2, 0) is 12.8 Å². The highest BCUT2D eigenvalue weighted by molar-refractivity contribution is 5.84. The number of alkyl halides is 2. The molecule has 6 rings (SSSR count). The van der Waals surface area contributed by atoms with Gasteiger partial charge in [-0.1, -0.05) is 18.2 Å². The van der Waals surface area contributed by atoms with E-state index in [4.69, 9.17) is 4.74 Å². The van der Waals surface area contributed by atoms with Gasteiger partial charge in [-0.05, 0) is 67.4 Å². The van der Waals surface area contributed by atoms with E-state index in [2.05, 4.69) is 37.6 Å². The second kappa shape index (κ2) is 7.16. The minimum atomic E-state index is -3.69. The Balaban J connectivity index is 1.37. The fourth-order valence-corrected chi connectivity index (χ4v) is 4.23. The van der Waals surface area contributed by atoms with Crippen LogP contribution in [-0.4, -0.2) is 34.0 Å². The molecule has 162 valence electrons. The highest BCUT2D eigenvalue weighted by Crippen LogP contribution is 2.47. The van der Waals surface area contributed by atoms with Crippen molar-refractivity contribution in [1.82, 2.24) is 19.9 Å². The first-order chi connectivity index (χ1) is 15.6. The van der Waals surface area contributed by atoms with E-state index >= 15 is 0 Å². The number of anilines is 2. The molecule has 2 aromatic carbocycles. The molecule has 9 heteroatoms. The summed E-state index contributed by atoms with van der Waals surface area (Å²) in [6.45, 7) is 1.94. The third kappa shape index (κ3) is 3.31. The van der Waals surface area contributed by atoms with E-state index in [9.17, 15) is 8.78 Å². The average Bonchev–Trinajstić information content (AvgIpc) is 3.23. The van der Waals surface area contributed by atoms with E-state index < -0.39 is 6.29 Å². The highest BCUT2D eigenvalue weighted by Gasteiger charge is 2.44. The van der Waals surface area contributed by atoms with Gasteiger partial charge < -0.3 is 20.1 Å². The van der Waals surface area contributed by atoms with Crippen molar-refractivity contribution in [3.63, 3.8) is 0 Å². The maximum Gasteiger partial charge on any atom is 0.586 e. The number of ether oxygens (including phenoxy) is 2. The van der Waals surface area contributed by atoms with Crippen molar-refractivity contribution in [3.8, 4) is 22.6 Å². The van der Waals surface area contributed by atoms with Crippen LogP contribution in [0.25, 0.3) is 16.8 Å². The zero-order chi connectivity index (χ0) is 21.7. The van der Waals surface area contributed by atoms with Gasteiger partial charge in [-0.3, -0.25) is 0 Å². The molecule has 32 heavy (non-hydrogen) atoms. The number of hydrogen-bond donors (Lipinski definition) is 2. The summed E-state index contributed by atoms with van der Waals surface area (Å²) < 4.78 is 38.3. The summed E-state index contributed by atoms with van der Waals surface area (Å²) in [6.07, 6.45) is 0.0524.